The number of rotatable bonds is 10. The van der Waals surface area contributed by atoms with E-state index in [1.54, 1.807) is 38.7 Å². The molecule has 2 fully saturated rings. The number of ether oxygens (including phenoxy) is 4. The molecule has 52 heavy (non-hydrogen) atoms. The maximum Gasteiger partial charge on any atom is 0.410 e. The molecule has 5 heterocycles. The van der Waals surface area contributed by atoms with Crippen LogP contribution in [0.4, 0.5) is 4.79 Å². The van der Waals surface area contributed by atoms with E-state index in [1.165, 1.54) is 11.5 Å². The Morgan fingerprint density at radius 1 is 1.12 bits per heavy atom. The molecular weight excluding hydrogens is 699 g/mol. The van der Waals surface area contributed by atoms with Crippen LogP contribution < -0.4 is 15.9 Å². The van der Waals surface area contributed by atoms with Gasteiger partial charge in [-0.25, -0.2) is 9.78 Å². The van der Waals surface area contributed by atoms with Crippen LogP contribution in [0.2, 0.25) is 25.7 Å². The Bertz CT molecular complexity index is 2090. The lowest BCUT2D eigenvalue weighted by Crippen LogP contribution is -2.46. The average Bonchev–Trinajstić information content (AvgIpc) is 3.67. The summed E-state index contributed by atoms with van der Waals surface area (Å²) >= 11 is 1.30. The van der Waals surface area contributed by atoms with Gasteiger partial charge in [-0.3, -0.25) is 27.9 Å². The Morgan fingerprint density at radius 3 is 2.73 bits per heavy atom. The molecule has 2 aromatic heterocycles. The Morgan fingerprint density at radius 2 is 1.94 bits per heavy atom. The molecule has 0 saturated carbocycles. The first kappa shape index (κ1) is 36.5. The second-order valence-corrected chi connectivity index (χ2v) is 22.0. The van der Waals surface area contributed by atoms with Crippen molar-refractivity contribution >= 4 is 46.8 Å². The third-order valence-corrected chi connectivity index (χ3v) is 13.2. The summed E-state index contributed by atoms with van der Waals surface area (Å²) in [5.74, 6) is 0.530. The molecule has 2 saturated heterocycles. The summed E-state index contributed by atoms with van der Waals surface area (Å²) in [6.45, 7) is 14.2. The summed E-state index contributed by atoms with van der Waals surface area (Å²) in [5, 5.41) is 0.509. The molecule has 14 heteroatoms. The van der Waals surface area contributed by atoms with Crippen LogP contribution >= 0.6 is 11.5 Å². The largest absolute Gasteiger partial charge is 0.489 e. The number of carbonyl (C=O) groups is 1. The van der Waals surface area contributed by atoms with Gasteiger partial charge in [-0.15, -0.1) is 0 Å². The van der Waals surface area contributed by atoms with E-state index in [-0.39, 0.29) is 54.9 Å². The van der Waals surface area contributed by atoms with Crippen molar-refractivity contribution in [3.63, 3.8) is 0 Å². The van der Waals surface area contributed by atoms with Gasteiger partial charge >= 0.3 is 6.09 Å². The molecule has 3 atom stereocenters. The van der Waals surface area contributed by atoms with Crippen LogP contribution in [-0.4, -0.2) is 95.7 Å². The Hall–Kier alpha value is -3.82. The lowest BCUT2D eigenvalue weighted by molar-refractivity contribution is 0.0285. The lowest BCUT2D eigenvalue weighted by atomic mass is 10.1. The highest BCUT2D eigenvalue weighted by Gasteiger charge is 2.39. The topological polar surface area (TPSA) is 117 Å². The average molecular weight is 748 g/mol. The molecule has 3 aliphatic rings. The minimum absolute atomic E-state index is 0.0497. The second kappa shape index (κ2) is 15.3. The number of carbonyl (C=O) groups excluding carboxylic acids is 1. The van der Waals surface area contributed by atoms with Crippen LogP contribution in [-0.2, 0) is 34.0 Å². The van der Waals surface area contributed by atoms with Crippen molar-refractivity contribution in [1.82, 2.24) is 23.3 Å². The SMILES string of the molecule is C=CCOC(=O)N1C2CCC1Cn1sc3c(cccc3c1=O)-c1nc3c(cc(CN4CCCC(OC)C4)cc3n(COCC[Si](C)(C)C)c1=O)OC2. The molecule has 6 bridgehead atoms. The number of fused-ring (bicyclic) bond motifs is 5. The van der Waals surface area contributed by atoms with Gasteiger partial charge < -0.3 is 18.9 Å². The standard InChI is InChI=1S/C38H49N5O7SSi/c1-6-15-49-38(46)43-26-12-13-27(43)23-50-32-19-25(20-40-14-8-9-28(22-40)47-2)18-31-34(32)39-33(37(45)41(31)24-48-16-17-52(3,4)5)29-10-7-11-30-35(29)51-42(21-26)36(30)44/h6-7,10-11,18-19,26-28H,1,8-9,12-17,20-24H2,2-5H3. The van der Waals surface area contributed by atoms with Gasteiger partial charge in [-0.2, -0.15) is 0 Å². The Kier molecular flexibility index (Phi) is 10.7. The fourth-order valence-electron chi connectivity index (χ4n) is 7.59. The van der Waals surface area contributed by atoms with Gasteiger partial charge in [0.05, 0.1) is 40.3 Å². The van der Waals surface area contributed by atoms with Crippen molar-refractivity contribution < 1.29 is 23.7 Å². The predicted molar refractivity (Wildman–Crippen MR) is 206 cm³/mol. The molecule has 3 aliphatic heterocycles. The maximum atomic E-state index is 14.6. The van der Waals surface area contributed by atoms with Gasteiger partial charge in [0, 0.05) is 40.4 Å². The monoisotopic (exact) mass is 747 g/mol. The van der Waals surface area contributed by atoms with Crippen LogP contribution in [0.25, 0.3) is 32.4 Å². The highest BCUT2D eigenvalue weighted by atomic mass is 32.1. The van der Waals surface area contributed by atoms with E-state index in [4.69, 9.17) is 23.9 Å². The van der Waals surface area contributed by atoms with Crippen molar-refractivity contribution in [2.75, 3.05) is 40.0 Å². The van der Waals surface area contributed by atoms with Crippen molar-refractivity contribution in [1.29, 1.82) is 0 Å². The Balaban J connectivity index is 1.41. The normalized spacial score (nSPS) is 20.8. The fraction of sp³-hybridized carbons (Fsp3) is 0.526. The number of aromatic nitrogens is 3. The molecule has 0 spiro atoms. The minimum Gasteiger partial charge on any atom is -0.489 e. The zero-order chi connectivity index (χ0) is 36.6. The van der Waals surface area contributed by atoms with Crippen LogP contribution in [0.5, 0.6) is 5.75 Å². The number of hydrogen-bond donors (Lipinski definition) is 0. The number of piperidine rings is 1. The van der Waals surface area contributed by atoms with E-state index < -0.39 is 14.2 Å². The van der Waals surface area contributed by atoms with E-state index in [1.807, 2.05) is 18.2 Å². The van der Waals surface area contributed by atoms with E-state index in [0.29, 0.717) is 65.0 Å². The number of amides is 1. The smallest absolute Gasteiger partial charge is 0.410 e. The van der Waals surface area contributed by atoms with Crippen molar-refractivity contribution in [2.24, 2.45) is 0 Å². The van der Waals surface area contributed by atoms with Gasteiger partial charge in [-0.1, -0.05) is 56.0 Å². The molecule has 2 aromatic carbocycles. The number of methoxy groups -OCH3 is 1. The molecular formula is C38H49N5O7SSi. The molecule has 3 unspecified atom stereocenters. The maximum absolute atomic E-state index is 14.6. The zero-order valence-corrected chi connectivity index (χ0v) is 32.4. The summed E-state index contributed by atoms with van der Waals surface area (Å²) in [4.78, 5) is 51.2. The van der Waals surface area contributed by atoms with Gasteiger partial charge in [0.25, 0.3) is 11.1 Å². The minimum atomic E-state index is -1.39. The number of benzene rings is 2. The van der Waals surface area contributed by atoms with Crippen LogP contribution in [0.3, 0.4) is 0 Å². The third kappa shape index (κ3) is 7.49. The highest BCUT2D eigenvalue weighted by molar-refractivity contribution is 7.14. The van der Waals surface area contributed by atoms with E-state index in [2.05, 4.69) is 31.1 Å². The summed E-state index contributed by atoms with van der Waals surface area (Å²) in [5.41, 5.74) is 2.50. The van der Waals surface area contributed by atoms with Gasteiger partial charge in [0.1, 0.15) is 36.9 Å². The van der Waals surface area contributed by atoms with E-state index in [0.717, 1.165) is 37.5 Å². The molecule has 4 aromatic rings. The number of hydrogen-bond acceptors (Lipinski definition) is 10. The summed E-state index contributed by atoms with van der Waals surface area (Å²) < 4.78 is 28.3. The van der Waals surface area contributed by atoms with Gasteiger partial charge in [-0.05, 0) is 62.0 Å². The summed E-state index contributed by atoms with van der Waals surface area (Å²) in [6.07, 6.45) is 4.68. The van der Waals surface area contributed by atoms with Crippen LogP contribution in [0, 0.1) is 0 Å². The molecule has 0 N–H and O–H groups in total. The molecule has 0 aliphatic carbocycles. The summed E-state index contributed by atoms with van der Waals surface area (Å²) in [6, 6.07) is 9.86. The lowest BCUT2D eigenvalue weighted by Gasteiger charge is -2.32. The fourth-order valence-corrected chi connectivity index (χ4v) is 9.51. The molecule has 1 amide bonds. The highest BCUT2D eigenvalue weighted by Crippen LogP contribution is 2.35. The zero-order valence-electron chi connectivity index (χ0n) is 30.6. The molecule has 7 rings (SSSR count). The predicted octanol–water partition coefficient (Wildman–Crippen LogP) is 5.91. The summed E-state index contributed by atoms with van der Waals surface area (Å²) in [7, 11) is 0.375. The quantitative estimate of drug-likeness (QED) is 0.111. The second-order valence-electron chi connectivity index (χ2n) is 15.3. The first-order valence-electron chi connectivity index (χ1n) is 18.3. The van der Waals surface area contributed by atoms with Gasteiger partial charge in [0.15, 0.2) is 0 Å². The van der Waals surface area contributed by atoms with E-state index in [9.17, 15) is 14.4 Å². The number of likely N-dealkylation sites (tertiary alicyclic amines) is 1. The van der Waals surface area contributed by atoms with Crippen molar-refractivity contribution in [3.05, 3.63) is 69.3 Å². The van der Waals surface area contributed by atoms with Crippen LogP contribution in [0.15, 0.2) is 52.6 Å². The Labute approximate surface area is 308 Å². The van der Waals surface area contributed by atoms with Crippen molar-refractivity contribution in [3.8, 4) is 17.0 Å². The van der Waals surface area contributed by atoms with Crippen LogP contribution in [0.1, 0.15) is 31.2 Å². The first-order chi connectivity index (χ1) is 25.0. The van der Waals surface area contributed by atoms with Crippen molar-refractivity contribution in [2.45, 2.75) is 89.4 Å². The molecule has 278 valence electrons. The first-order valence-corrected chi connectivity index (χ1v) is 22.7. The van der Waals surface area contributed by atoms with Gasteiger partial charge in [0.2, 0.25) is 0 Å². The third-order valence-electron chi connectivity index (χ3n) is 10.4. The number of nitrogens with zero attached hydrogens (tertiary/aromatic N) is 5. The molecule has 12 nitrogen and oxygen atoms in total. The van der Waals surface area contributed by atoms with E-state index >= 15 is 0 Å². The molecule has 0 radical (unpaired) electrons.